The zero-order chi connectivity index (χ0) is 10.6. The van der Waals surface area contributed by atoms with Crippen LogP contribution in [0.4, 0.5) is 5.13 Å². The van der Waals surface area contributed by atoms with Crippen molar-refractivity contribution in [1.82, 2.24) is 14.8 Å². The van der Waals surface area contributed by atoms with Crippen molar-refractivity contribution in [3.63, 3.8) is 0 Å². The molecule has 9 heteroatoms. The largest absolute Gasteiger partial charge is 0.370 e. The standard InChI is InChI=1S/C5H8N6O2S/c6-2(1-3(7)12)4(13)8-5-9-10-11-14-5/h2H,1,6H2,(H2,7,12)(H,8,9,11,13). The molecule has 0 saturated carbocycles. The first-order valence-electron chi connectivity index (χ1n) is 3.59. The average molecular weight is 216 g/mol. The summed E-state index contributed by atoms with van der Waals surface area (Å²) in [7, 11) is 0. The zero-order valence-corrected chi connectivity index (χ0v) is 7.82. The van der Waals surface area contributed by atoms with Crippen LogP contribution in [0, 0.1) is 0 Å². The van der Waals surface area contributed by atoms with Crippen molar-refractivity contribution in [3.05, 3.63) is 0 Å². The number of nitrogens with one attached hydrogen (secondary N) is 1. The maximum absolute atomic E-state index is 11.2. The number of nitrogens with zero attached hydrogens (tertiary/aromatic N) is 3. The van der Waals surface area contributed by atoms with Crippen LogP contribution in [0.5, 0.6) is 0 Å². The van der Waals surface area contributed by atoms with Gasteiger partial charge in [0.25, 0.3) is 0 Å². The molecule has 0 spiro atoms. The summed E-state index contributed by atoms with van der Waals surface area (Å²) >= 11 is 0.912. The van der Waals surface area contributed by atoms with E-state index in [0.29, 0.717) is 0 Å². The first kappa shape index (κ1) is 10.5. The van der Waals surface area contributed by atoms with Crippen LogP contribution < -0.4 is 16.8 Å². The minimum absolute atomic E-state index is 0.210. The number of amides is 2. The first-order valence-corrected chi connectivity index (χ1v) is 4.36. The van der Waals surface area contributed by atoms with Gasteiger partial charge in [-0.25, -0.2) is 0 Å². The molecule has 1 unspecified atom stereocenters. The van der Waals surface area contributed by atoms with E-state index < -0.39 is 17.9 Å². The highest BCUT2D eigenvalue weighted by molar-refractivity contribution is 7.09. The van der Waals surface area contributed by atoms with Crippen LogP contribution in [0.3, 0.4) is 0 Å². The van der Waals surface area contributed by atoms with E-state index in [1.807, 2.05) is 0 Å². The third-order valence-corrected chi connectivity index (χ3v) is 1.80. The molecule has 0 fully saturated rings. The predicted octanol–water partition coefficient (Wildman–Crippen LogP) is -1.93. The molecule has 0 aliphatic rings. The lowest BCUT2D eigenvalue weighted by atomic mass is 10.2. The highest BCUT2D eigenvalue weighted by Crippen LogP contribution is 2.05. The lowest BCUT2D eigenvalue weighted by Crippen LogP contribution is -2.38. The maximum atomic E-state index is 11.2. The van der Waals surface area contributed by atoms with Gasteiger partial charge in [0, 0.05) is 11.5 Å². The number of hydrogen-bond donors (Lipinski definition) is 3. The molecule has 0 bridgehead atoms. The number of rotatable bonds is 4. The lowest BCUT2D eigenvalue weighted by molar-refractivity contribution is -0.123. The highest BCUT2D eigenvalue weighted by Gasteiger charge is 2.17. The van der Waals surface area contributed by atoms with E-state index >= 15 is 0 Å². The van der Waals surface area contributed by atoms with Gasteiger partial charge in [-0.3, -0.25) is 14.9 Å². The van der Waals surface area contributed by atoms with E-state index in [9.17, 15) is 9.59 Å². The third-order valence-electron chi connectivity index (χ3n) is 1.29. The van der Waals surface area contributed by atoms with E-state index in [1.165, 1.54) is 0 Å². The summed E-state index contributed by atoms with van der Waals surface area (Å²) in [6.07, 6.45) is -0.210. The molecule has 0 aromatic carbocycles. The van der Waals surface area contributed by atoms with Crippen molar-refractivity contribution in [2.24, 2.45) is 11.5 Å². The molecule has 5 N–H and O–H groups in total. The topological polar surface area (TPSA) is 137 Å². The third kappa shape index (κ3) is 3.03. The van der Waals surface area contributed by atoms with Gasteiger partial charge >= 0.3 is 0 Å². The summed E-state index contributed by atoms with van der Waals surface area (Å²) in [6.45, 7) is 0. The number of aromatic nitrogens is 3. The molecule has 14 heavy (non-hydrogen) atoms. The number of primary amides is 1. The van der Waals surface area contributed by atoms with Crippen molar-refractivity contribution in [2.45, 2.75) is 12.5 Å². The minimum atomic E-state index is -0.976. The molecular weight excluding hydrogens is 208 g/mol. The van der Waals surface area contributed by atoms with Gasteiger partial charge < -0.3 is 11.5 Å². The SMILES string of the molecule is NC(=O)CC(N)C(=O)Nc1nnns1. The van der Waals surface area contributed by atoms with Gasteiger partial charge in [0.1, 0.15) is 0 Å². The molecule has 0 aliphatic heterocycles. The number of carbonyl (C=O) groups excluding carboxylic acids is 2. The Labute approximate surface area is 82.8 Å². The normalized spacial score (nSPS) is 12.1. The summed E-state index contributed by atoms with van der Waals surface area (Å²) < 4.78 is 3.43. The average Bonchev–Trinajstić information content (AvgIpc) is 2.55. The molecule has 0 radical (unpaired) electrons. The Morgan fingerprint density at radius 3 is 2.79 bits per heavy atom. The fourth-order valence-corrected chi connectivity index (χ4v) is 1.06. The van der Waals surface area contributed by atoms with Gasteiger partial charge in [0.15, 0.2) is 0 Å². The Bertz CT molecular complexity index is 325. The molecule has 1 rings (SSSR count). The van der Waals surface area contributed by atoms with E-state index in [1.54, 1.807) is 0 Å². The summed E-state index contributed by atoms with van der Waals surface area (Å²) in [6, 6.07) is -0.976. The van der Waals surface area contributed by atoms with Crippen LogP contribution in [0.25, 0.3) is 0 Å². The van der Waals surface area contributed by atoms with E-state index in [4.69, 9.17) is 11.5 Å². The van der Waals surface area contributed by atoms with Gasteiger partial charge in [0.05, 0.1) is 12.5 Å². The number of hydrogen-bond acceptors (Lipinski definition) is 7. The minimum Gasteiger partial charge on any atom is -0.370 e. The summed E-state index contributed by atoms with van der Waals surface area (Å²) in [5, 5.41) is 9.31. The molecule has 1 aromatic rings. The highest BCUT2D eigenvalue weighted by atomic mass is 32.1. The van der Waals surface area contributed by atoms with Gasteiger partial charge in [0.2, 0.25) is 16.9 Å². The van der Waals surface area contributed by atoms with Crippen molar-refractivity contribution < 1.29 is 9.59 Å². The van der Waals surface area contributed by atoms with Crippen LogP contribution in [-0.4, -0.2) is 32.7 Å². The van der Waals surface area contributed by atoms with E-state index in [0.717, 1.165) is 11.5 Å². The zero-order valence-electron chi connectivity index (χ0n) is 7.01. The first-order chi connectivity index (χ1) is 6.59. The fourth-order valence-electron chi connectivity index (χ4n) is 0.689. The molecule has 2 amide bonds. The molecule has 0 aliphatic carbocycles. The van der Waals surface area contributed by atoms with E-state index in [-0.39, 0.29) is 11.6 Å². The molecule has 8 nitrogen and oxygen atoms in total. The summed E-state index contributed by atoms with van der Waals surface area (Å²) in [4.78, 5) is 21.7. The van der Waals surface area contributed by atoms with Crippen molar-refractivity contribution in [2.75, 3.05) is 5.32 Å². The predicted molar refractivity (Wildman–Crippen MR) is 48.1 cm³/mol. The second-order valence-corrected chi connectivity index (χ2v) is 3.17. The Morgan fingerprint density at radius 1 is 1.57 bits per heavy atom. The monoisotopic (exact) mass is 216 g/mol. The summed E-state index contributed by atoms with van der Waals surface area (Å²) in [5.74, 6) is -1.18. The van der Waals surface area contributed by atoms with Crippen LogP contribution in [-0.2, 0) is 9.59 Å². The van der Waals surface area contributed by atoms with E-state index in [2.05, 4.69) is 20.1 Å². The Balaban J connectivity index is 2.46. The van der Waals surface area contributed by atoms with Crippen molar-refractivity contribution >= 4 is 28.5 Å². The van der Waals surface area contributed by atoms with Gasteiger partial charge in [-0.15, -0.1) is 0 Å². The van der Waals surface area contributed by atoms with Gasteiger partial charge in [-0.05, 0) is 5.21 Å². The second kappa shape index (κ2) is 4.58. The number of carbonyl (C=O) groups is 2. The fraction of sp³-hybridized carbons (Fsp3) is 0.400. The Kier molecular flexibility index (Phi) is 3.42. The maximum Gasteiger partial charge on any atom is 0.243 e. The Morgan fingerprint density at radius 2 is 2.29 bits per heavy atom. The van der Waals surface area contributed by atoms with Crippen LogP contribution in [0.1, 0.15) is 6.42 Å². The van der Waals surface area contributed by atoms with Gasteiger partial charge in [-0.1, -0.05) is 9.59 Å². The Hall–Kier alpha value is -1.61. The van der Waals surface area contributed by atoms with Gasteiger partial charge in [-0.2, -0.15) is 0 Å². The van der Waals surface area contributed by atoms with Crippen LogP contribution >= 0.6 is 11.5 Å². The van der Waals surface area contributed by atoms with Crippen molar-refractivity contribution in [1.29, 1.82) is 0 Å². The molecule has 1 atom stereocenters. The lowest BCUT2D eigenvalue weighted by Gasteiger charge is -2.06. The van der Waals surface area contributed by atoms with Crippen LogP contribution in [0.2, 0.25) is 0 Å². The molecule has 0 saturated heterocycles. The summed E-state index contributed by atoms with van der Waals surface area (Å²) in [5.41, 5.74) is 10.2. The molecule has 1 heterocycles. The van der Waals surface area contributed by atoms with Crippen LogP contribution in [0.15, 0.2) is 0 Å². The number of nitrogens with two attached hydrogens (primary N) is 2. The second-order valence-electron chi connectivity index (χ2n) is 2.43. The quantitative estimate of drug-likeness (QED) is 0.536. The molecule has 76 valence electrons. The molecule has 1 aromatic heterocycles. The molecular formula is C5H8N6O2S. The van der Waals surface area contributed by atoms with Crippen molar-refractivity contribution in [3.8, 4) is 0 Å². The number of anilines is 1. The smallest absolute Gasteiger partial charge is 0.243 e.